The molecular formula is C20H19Cl2N5OS. The number of aromatic nitrogens is 3. The van der Waals surface area contributed by atoms with Crippen molar-refractivity contribution in [1.29, 1.82) is 0 Å². The standard InChI is InChI=1S/C20H19Cl2N5OS/c1-3-27-19(14-9-7-13(2)8-10-14)25-26-20(27)29-12-18(28)24-23-11-15-16(21)5-4-6-17(15)22/h4-11H,3,12H2,1-2H3,(H,24,28)/b23-11+. The van der Waals surface area contributed by atoms with E-state index in [4.69, 9.17) is 23.2 Å². The number of carbonyl (C=O) groups is 1. The Hall–Kier alpha value is -2.35. The normalized spacial score (nSPS) is 11.2. The number of benzene rings is 2. The minimum Gasteiger partial charge on any atom is -0.302 e. The number of hydrogen-bond donors (Lipinski definition) is 1. The molecule has 0 spiro atoms. The van der Waals surface area contributed by atoms with Crippen molar-refractivity contribution >= 4 is 47.1 Å². The van der Waals surface area contributed by atoms with Gasteiger partial charge in [0.15, 0.2) is 11.0 Å². The van der Waals surface area contributed by atoms with Gasteiger partial charge >= 0.3 is 0 Å². The second-order valence-corrected chi connectivity index (χ2v) is 7.89. The van der Waals surface area contributed by atoms with Crippen LogP contribution in [0.5, 0.6) is 0 Å². The number of halogens is 2. The number of nitrogens with zero attached hydrogens (tertiary/aromatic N) is 4. The van der Waals surface area contributed by atoms with Crippen LogP contribution in [0.3, 0.4) is 0 Å². The van der Waals surface area contributed by atoms with Gasteiger partial charge in [-0.05, 0) is 26.0 Å². The van der Waals surface area contributed by atoms with Crippen molar-refractivity contribution in [3.63, 3.8) is 0 Å². The number of aryl methyl sites for hydroxylation is 1. The first-order valence-electron chi connectivity index (χ1n) is 8.88. The number of hydrogen-bond acceptors (Lipinski definition) is 5. The zero-order valence-corrected chi connectivity index (χ0v) is 18.2. The van der Waals surface area contributed by atoms with Gasteiger partial charge < -0.3 is 4.57 Å². The molecule has 0 aliphatic carbocycles. The highest BCUT2D eigenvalue weighted by molar-refractivity contribution is 7.99. The van der Waals surface area contributed by atoms with Gasteiger partial charge in [0.1, 0.15) is 0 Å². The molecule has 2 aromatic carbocycles. The summed E-state index contributed by atoms with van der Waals surface area (Å²) in [6, 6.07) is 13.3. The molecule has 0 unspecified atom stereocenters. The molecule has 0 aliphatic rings. The fraction of sp³-hybridized carbons (Fsp3) is 0.200. The maximum absolute atomic E-state index is 12.1. The zero-order valence-electron chi connectivity index (χ0n) is 15.9. The number of nitrogens with one attached hydrogen (secondary N) is 1. The van der Waals surface area contributed by atoms with E-state index in [1.54, 1.807) is 18.2 Å². The molecule has 3 rings (SSSR count). The molecule has 0 radical (unpaired) electrons. The van der Waals surface area contributed by atoms with Crippen molar-refractivity contribution < 1.29 is 4.79 Å². The summed E-state index contributed by atoms with van der Waals surface area (Å²) >= 11 is 13.4. The van der Waals surface area contributed by atoms with Crippen molar-refractivity contribution in [2.45, 2.75) is 25.5 Å². The van der Waals surface area contributed by atoms with Gasteiger partial charge in [-0.3, -0.25) is 4.79 Å². The highest BCUT2D eigenvalue weighted by atomic mass is 35.5. The average Bonchev–Trinajstić information content (AvgIpc) is 3.12. The third-order valence-corrected chi connectivity index (χ3v) is 5.68. The van der Waals surface area contributed by atoms with E-state index in [2.05, 4.69) is 20.7 Å². The average molecular weight is 448 g/mol. The van der Waals surface area contributed by atoms with Crippen LogP contribution in [0, 0.1) is 6.92 Å². The molecule has 0 aliphatic heterocycles. The molecular weight excluding hydrogens is 429 g/mol. The first-order chi connectivity index (χ1) is 14.0. The van der Waals surface area contributed by atoms with Crippen molar-refractivity contribution in [3.8, 4) is 11.4 Å². The number of carbonyl (C=O) groups excluding carboxylic acids is 1. The van der Waals surface area contributed by atoms with E-state index in [0.717, 1.165) is 11.4 Å². The lowest BCUT2D eigenvalue weighted by Crippen LogP contribution is -2.20. The van der Waals surface area contributed by atoms with Gasteiger partial charge in [0.25, 0.3) is 5.91 Å². The summed E-state index contributed by atoms with van der Waals surface area (Å²) in [6.07, 6.45) is 1.43. The van der Waals surface area contributed by atoms with E-state index >= 15 is 0 Å². The molecule has 9 heteroatoms. The molecule has 3 aromatic rings. The predicted octanol–water partition coefficient (Wildman–Crippen LogP) is 4.82. The topological polar surface area (TPSA) is 72.2 Å². The second-order valence-electron chi connectivity index (χ2n) is 6.13. The predicted molar refractivity (Wildman–Crippen MR) is 119 cm³/mol. The Bertz CT molecular complexity index is 1010. The molecule has 0 bridgehead atoms. The van der Waals surface area contributed by atoms with E-state index < -0.39 is 0 Å². The lowest BCUT2D eigenvalue weighted by molar-refractivity contribution is -0.118. The fourth-order valence-electron chi connectivity index (χ4n) is 2.56. The Morgan fingerprint density at radius 3 is 2.52 bits per heavy atom. The molecule has 6 nitrogen and oxygen atoms in total. The summed E-state index contributed by atoms with van der Waals surface area (Å²) in [6.45, 7) is 4.75. The van der Waals surface area contributed by atoms with Gasteiger partial charge in [-0.25, -0.2) is 5.43 Å². The maximum atomic E-state index is 12.1. The summed E-state index contributed by atoms with van der Waals surface area (Å²) < 4.78 is 1.98. The maximum Gasteiger partial charge on any atom is 0.250 e. The molecule has 1 amide bonds. The first-order valence-corrected chi connectivity index (χ1v) is 10.6. The minimum atomic E-state index is -0.267. The minimum absolute atomic E-state index is 0.152. The van der Waals surface area contributed by atoms with E-state index in [-0.39, 0.29) is 11.7 Å². The van der Waals surface area contributed by atoms with Gasteiger partial charge in [0.2, 0.25) is 0 Å². The molecule has 0 saturated carbocycles. The Kier molecular flexibility index (Phi) is 7.30. The van der Waals surface area contributed by atoms with Crippen LogP contribution < -0.4 is 5.43 Å². The van der Waals surface area contributed by atoms with Gasteiger partial charge in [0.05, 0.1) is 22.0 Å². The van der Waals surface area contributed by atoms with Crippen LogP contribution in [0.2, 0.25) is 10.0 Å². The number of hydrazone groups is 1. The van der Waals surface area contributed by atoms with Crippen molar-refractivity contribution in [3.05, 3.63) is 63.6 Å². The first kappa shape index (κ1) is 21.4. The lowest BCUT2D eigenvalue weighted by Gasteiger charge is -2.07. The third kappa shape index (κ3) is 5.38. The van der Waals surface area contributed by atoms with Crippen LogP contribution in [-0.4, -0.2) is 32.6 Å². The third-order valence-electron chi connectivity index (χ3n) is 4.06. The monoisotopic (exact) mass is 447 g/mol. The summed E-state index contributed by atoms with van der Waals surface area (Å²) in [4.78, 5) is 12.1. The zero-order chi connectivity index (χ0) is 20.8. The molecule has 0 fully saturated rings. The SMILES string of the molecule is CCn1c(SCC(=O)N/N=C/c2c(Cl)cccc2Cl)nnc1-c1ccc(C)cc1. The van der Waals surface area contributed by atoms with E-state index in [1.165, 1.54) is 23.5 Å². The molecule has 0 saturated heterocycles. The molecule has 1 heterocycles. The highest BCUT2D eigenvalue weighted by Crippen LogP contribution is 2.24. The molecule has 29 heavy (non-hydrogen) atoms. The largest absolute Gasteiger partial charge is 0.302 e. The van der Waals surface area contributed by atoms with Crippen LogP contribution in [-0.2, 0) is 11.3 Å². The quantitative estimate of drug-likeness (QED) is 0.320. The van der Waals surface area contributed by atoms with Crippen LogP contribution in [0.1, 0.15) is 18.1 Å². The fourth-order valence-corrected chi connectivity index (χ4v) is 3.85. The Morgan fingerprint density at radius 1 is 1.17 bits per heavy atom. The van der Waals surface area contributed by atoms with Gasteiger partial charge in [-0.2, -0.15) is 5.10 Å². The number of rotatable bonds is 7. The Balaban J connectivity index is 1.62. The van der Waals surface area contributed by atoms with Crippen molar-refractivity contribution in [1.82, 2.24) is 20.2 Å². The summed E-state index contributed by atoms with van der Waals surface area (Å²) in [7, 11) is 0. The van der Waals surface area contributed by atoms with Crippen molar-refractivity contribution in [2.75, 3.05) is 5.75 Å². The highest BCUT2D eigenvalue weighted by Gasteiger charge is 2.14. The number of thioether (sulfide) groups is 1. The van der Waals surface area contributed by atoms with E-state index in [1.807, 2.05) is 42.7 Å². The Labute approximate surface area is 183 Å². The van der Waals surface area contributed by atoms with Crippen LogP contribution >= 0.6 is 35.0 Å². The van der Waals surface area contributed by atoms with Gasteiger partial charge in [-0.15, -0.1) is 10.2 Å². The van der Waals surface area contributed by atoms with E-state index in [0.29, 0.717) is 27.3 Å². The second kappa shape index (κ2) is 9.91. The summed E-state index contributed by atoms with van der Waals surface area (Å²) in [5, 5.41) is 14.1. The molecule has 1 aromatic heterocycles. The number of amides is 1. The smallest absolute Gasteiger partial charge is 0.250 e. The van der Waals surface area contributed by atoms with Gasteiger partial charge in [0, 0.05) is 17.7 Å². The van der Waals surface area contributed by atoms with Gasteiger partial charge in [-0.1, -0.05) is 70.9 Å². The Morgan fingerprint density at radius 2 is 1.86 bits per heavy atom. The van der Waals surface area contributed by atoms with Crippen LogP contribution in [0.15, 0.2) is 52.7 Å². The summed E-state index contributed by atoms with van der Waals surface area (Å²) in [5.41, 5.74) is 5.20. The van der Waals surface area contributed by atoms with Crippen molar-refractivity contribution in [2.24, 2.45) is 5.10 Å². The summed E-state index contributed by atoms with van der Waals surface area (Å²) in [5.74, 6) is 0.665. The molecule has 0 atom stereocenters. The molecule has 150 valence electrons. The lowest BCUT2D eigenvalue weighted by atomic mass is 10.1. The van der Waals surface area contributed by atoms with Crippen LogP contribution in [0.4, 0.5) is 0 Å². The molecule has 1 N–H and O–H groups in total. The van der Waals surface area contributed by atoms with E-state index in [9.17, 15) is 4.79 Å². The van der Waals surface area contributed by atoms with Crippen LogP contribution in [0.25, 0.3) is 11.4 Å².